The summed E-state index contributed by atoms with van der Waals surface area (Å²) in [5.41, 5.74) is 2.85. The summed E-state index contributed by atoms with van der Waals surface area (Å²) in [6.45, 7) is 8.63. The lowest BCUT2D eigenvalue weighted by atomic mass is 9.91. The first-order chi connectivity index (χ1) is 6.46. The van der Waals surface area contributed by atoms with Crippen LogP contribution in [0.15, 0.2) is 0 Å². The lowest BCUT2D eigenvalue weighted by molar-refractivity contribution is 0.0103. The first-order valence-corrected chi connectivity index (χ1v) is 5.48. The van der Waals surface area contributed by atoms with E-state index >= 15 is 0 Å². The predicted octanol–water partition coefficient (Wildman–Crippen LogP) is 2.07. The topological polar surface area (TPSA) is 47.3 Å². The normalized spacial score (nSPS) is 16.7. The predicted molar refractivity (Wildman–Crippen MR) is 60.9 cm³/mol. The van der Waals surface area contributed by atoms with Gasteiger partial charge < -0.3 is 4.74 Å². The van der Waals surface area contributed by atoms with E-state index in [9.17, 15) is 0 Å². The molecular formula is C11H26N2O. The van der Waals surface area contributed by atoms with Crippen LogP contribution in [-0.2, 0) is 4.74 Å². The second-order valence-electron chi connectivity index (χ2n) is 4.66. The number of hydrazine groups is 1. The number of nitrogens with two attached hydrogens (primary N) is 1. The van der Waals surface area contributed by atoms with Gasteiger partial charge in [-0.05, 0) is 32.6 Å². The summed E-state index contributed by atoms with van der Waals surface area (Å²) in [7, 11) is 1.76. The fraction of sp³-hybridized carbons (Fsp3) is 1.00. The van der Waals surface area contributed by atoms with E-state index < -0.39 is 0 Å². The highest BCUT2D eigenvalue weighted by Crippen LogP contribution is 2.20. The van der Waals surface area contributed by atoms with Gasteiger partial charge >= 0.3 is 0 Å². The minimum atomic E-state index is -0.0391. The minimum absolute atomic E-state index is 0.0391. The van der Waals surface area contributed by atoms with Gasteiger partial charge in [0.1, 0.15) is 0 Å². The second-order valence-corrected chi connectivity index (χ2v) is 4.66. The number of hydrogen-bond donors (Lipinski definition) is 2. The molecule has 0 aliphatic rings. The molecule has 0 saturated carbocycles. The zero-order chi connectivity index (χ0) is 11.2. The number of rotatable bonds is 7. The van der Waals surface area contributed by atoms with Gasteiger partial charge in [-0.2, -0.15) is 0 Å². The second kappa shape index (κ2) is 6.38. The fourth-order valence-corrected chi connectivity index (χ4v) is 1.42. The molecule has 0 bridgehead atoms. The van der Waals surface area contributed by atoms with E-state index in [4.69, 9.17) is 10.6 Å². The van der Waals surface area contributed by atoms with Crippen LogP contribution in [0, 0.1) is 5.92 Å². The Bertz CT molecular complexity index is 148. The Morgan fingerprint density at radius 3 is 2.36 bits per heavy atom. The summed E-state index contributed by atoms with van der Waals surface area (Å²) < 4.78 is 5.38. The summed E-state index contributed by atoms with van der Waals surface area (Å²) in [6.07, 6.45) is 3.25. The molecule has 0 aliphatic carbocycles. The molecule has 0 heterocycles. The van der Waals surface area contributed by atoms with Crippen LogP contribution in [0.4, 0.5) is 0 Å². The first-order valence-electron chi connectivity index (χ1n) is 5.48. The van der Waals surface area contributed by atoms with Gasteiger partial charge in [0.2, 0.25) is 0 Å². The SMILES string of the molecule is CCC(C)C(CCC(C)(C)OC)NN. The molecule has 2 atom stereocenters. The van der Waals surface area contributed by atoms with Gasteiger partial charge in [0, 0.05) is 13.2 Å². The molecule has 0 spiro atoms. The maximum Gasteiger partial charge on any atom is 0.0623 e. The number of nitrogens with one attached hydrogen (secondary N) is 1. The van der Waals surface area contributed by atoms with Gasteiger partial charge in [0.05, 0.1) is 5.60 Å². The van der Waals surface area contributed by atoms with Crippen molar-refractivity contribution >= 4 is 0 Å². The molecule has 0 aromatic carbocycles. The van der Waals surface area contributed by atoms with Crippen molar-refractivity contribution in [2.24, 2.45) is 11.8 Å². The Labute approximate surface area is 88.4 Å². The van der Waals surface area contributed by atoms with Crippen molar-refractivity contribution in [2.75, 3.05) is 7.11 Å². The zero-order valence-electron chi connectivity index (χ0n) is 10.3. The monoisotopic (exact) mass is 202 g/mol. The summed E-state index contributed by atoms with van der Waals surface area (Å²) >= 11 is 0. The van der Waals surface area contributed by atoms with Crippen molar-refractivity contribution in [1.29, 1.82) is 0 Å². The van der Waals surface area contributed by atoms with Crippen molar-refractivity contribution in [3.63, 3.8) is 0 Å². The van der Waals surface area contributed by atoms with Crippen LogP contribution >= 0.6 is 0 Å². The molecule has 0 rings (SSSR count). The Kier molecular flexibility index (Phi) is 6.33. The third kappa shape index (κ3) is 4.94. The third-order valence-electron chi connectivity index (χ3n) is 3.15. The van der Waals surface area contributed by atoms with Crippen LogP contribution in [0.2, 0.25) is 0 Å². The molecular weight excluding hydrogens is 176 g/mol. The van der Waals surface area contributed by atoms with E-state index in [1.54, 1.807) is 7.11 Å². The Hall–Kier alpha value is -0.120. The van der Waals surface area contributed by atoms with E-state index in [0.717, 1.165) is 19.3 Å². The smallest absolute Gasteiger partial charge is 0.0623 e. The average Bonchev–Trinajstić information content (AvgIpc) is 2.18. The quantitative estimate of drug-likeness (QED) is 0.491. The maximum atomic E-state index is 5.53. The molecule has 14 heavy (non-hydrogen) atoms. The van der Waals surface area contributed by atoms with Crippen LogP contribution in [0.5, 0.6) is 0 Å². The van der Waals surface area contributed by atoms with Gasteiger partial charge in [-0.25, -0.2) is 0 Å². The third-order valence-corrected chi connectivity index (χ3v) is 3.15. The van der Waals surface area contributed by atoms with Gasteiger partial charge in [-0.15, -0.1) is 0 Å². The first kappa shape index (κ1) is 13.9. The maximum absolute atomic E-state index is 5.53. The summed E-state index contributed by atoms with van der Waals surface area (Å²) in [5, 5.41) is 0. The van der Waals surface area contributed by atoms with Gasteiger partial charge in [-0.3, -0.25) is 11.3 Å². The van der Waals surface area contributed by atoms with Crippen molar-refractivity contribution in [3.05, 3.63) is 0 Å². The van der Waals surface area contributed by atoms with E-state index in [1.807, 2.05) is 0 Å². The fourth-order valence-electron chi connectivity index (χ4n) is 1.42. The molecule has 0 fully saturated rings. The van der Waals surface area contributed by atoms with Crippen LogP contribution in [0.3, 0.4) is 0 Å². The van der Waals surface area contributed by atoms with E-state index in [2.05, 4.69) is 33.1 Å². The van der Waals surface area contributed by atoms with E-state index in [1.165, 1.54) is 0 Å². The van der Waals surface area contributed by atoms with Gasteiger partial charge in [0.25, 0.3) is 0 Å². The molecule has 0 radical (unpaired) electrons. The van der Waals surface area contributed by atoms with Gasteiger partial charge in [-0.1, -0.05) is 20.3 Å². The molecule has 0 saturated heterocycles. The van der Waals surface area contributed by atoms with Crippen molar-refractivity contribution in [3.8, 4) is 0 Å². The molecule has 3 N–H and O–H groups in total. The average molecular weight is 202 g/mol. The summed E-state index contributed by atoms with van der Waals surface area (Å²) in [6, 6.07) is 0.398. The highest BCUT2D eigenvalue weighted by molar-refractivity contribution is 4.76. The Balaban J connectivity index is 3.95. The van der Waals surface area contributed by atoms with Crippen LogP contribution in [0.1, 0.15) is 47.0 Å². The minimum Gasteiger partial charge on any atom is -0.379 e. The van der Waals surface area contributed by atoms with E-state index in [0.29, 0.717) is 12.0 Å². The van der Waals surface area contributed by atoms with E-state index in [-0.39, 0.29) is 5.60 Å². The van der Waals surface area contributed by atoms with Crippen molar-refractivity contribution in [1.82, 2.24) is 5.43 Å². The lowest BCUT2D eigenvalue weighted by Crippen LogP contribution is -2.41. The largest absolute Gasteiger partial charge is 0.379 e. The molecule has 0 amide bonds. The molecule has 0 aliphatic heterocycles. The summed E-state index contributed by atoms with van der Waals surface area (Å²) in [5.74, 6) is 6.15. The standard InChI is InChI=1S/C11H26N2O/c1-6-9(2)10(13-12)7-8-11(3,4)14-5/h9-10,13H,6-8,12H2,1-5H3. The zero-order valence-corrected chi connectivity index (χ0v) is 10.3. The van der Waals surface area contributed by atoms with Gasteiger partial charge in [0.15, 0.2) is 0 Å². The van der Waals surface area contributed by atoms with Crippen molar-refractivity contribution < 1.29 is 4.74 Å². The molecule has 3 heteroatoms. The highest BCUT2D eigenvalue weighted by atomic mass is 16.5. The molecule has 0 aromatic rings. The Morgan fingerprint density at radius 1 is 1.43 bits per heavy atom. The van der Waals surface area contributed by atoms with Crippen LogP contribution in [-0.4, -0.2) is 18.8 Å². The number of hydrogen-bond acceptors (Lipinski definition) is 3. The molecule has 0 aromatic heterocycles. The highest BCUT2D eigenvalue weighted by Gasteiger charge is 2.21. The molecule has 2 unspecified atom stereocenters. The van der Waals surface area contributed by atoms with Crippen LogP contribution < -0.4 is 11.3 Å². The lowest BCUT2D eigenvalue weighted by Gasteiger charge is -2.28. The number of ether oxygens (including phenoxy) is 1. The van der Waals surface area contributed by atoms with Crippen LogP contribution in [0.25, 0.3) is 0 Å². The van der Waals surface area contributed by atoms with Crippen molar-refractivity contribution in [2.45, 2.75) is 58.6 Å². The summed E-state index contributed by atoms with van der Waals surface area (Å²) in [4.78, 5) is 0. The Morgan fingerprint density at radius 2 is 2.00 bits per heavy atom. The molecule has 3 nitrogen and oxygen atoms in total. The number of methoxy groups -OCH3 is 1. The molecule has 86 valence electrons.